The lowest BCUT2D eigenvalue weighted by Crippen LogP contribution is -2.28. The number of ether oxygens (including phenoxy) is 2. The summed E-state index contributed by atoms with van der Waals surface area (Å²) in [7, 11) is 6.33. The largest absolute Gasteiger partial charge is 0.494 e. The van der Waals surface area contributed by atoms with Crippen LogP contribution in [0.25, 0.3) is 0 Å². The van der Waals surface area contributed by atoms with E-state index in [1.165, 1.54) is 9.13 Å². The first-order valence-electron chi connectivity index (χ1n) is 7.92. The van der Waals surface area contributed by atoms with Gasteiger partial charge in [0.2, 0.25) is 5.88 Å². The van der Waals surface area contributed by atoms with Gasteiger partial charge in [-0.1, -0.05) is 6.07 Å². The molecule has 0 radical (unpaired) electrons. The molecule has 2 N–H and O–H groups in total. The molecule has 2 aromatic rings. The maximum absolute atomic E-state index is 12.6. The van der Waals surface area contributed by atoms with Crippen LogP contribution in [0, 0.1) is 4.77 Å². The summed E-state index contributed by atoms with van der Waals surface area (Å²) in [5, 5.41) is 14.7. The van der Waals surface area contributed by atoms with Crippen LogP contribution in [0.2, 0.25) is 0 Å². The van der Waals surface area contributed by atoms with E-state index in [4.69, 9.17) is 21.7 Å². The third-order valence-corrected chi connectivity index (χ3v) is 5.03. The number of rotatable bonds is 4. The zero-order valence-electron chi connectivity index (χ0n) is 14.9. The highest BCUT2D eigenvalue weighted by Crippen LogP contribution is 2.33. The molecule has 1 aliphatic heterocycles. The highest BCUT2D eigenvalue weighted by atomic mass is 32.1. The molecular formula is C17H20N4O4S. The Morgan fingerprint density at radius 2 is 1.92 bits per heavy atom. The minimum atomic E-state index is -0.376. The standard InChI is InChI=1S/C17H20N4O4S/c1-20-15(22)14(16(23)21(2)17(20)26)11-8-10(18-19-11)9-5-6-12(24-3)13(7-9)25-4/h5-7,10,18,22H,8H2,1-4H3. The average molecular weight is 376 g/mol. The highest BCUT2D eigenvalue weighted by molar-refractivity contribution is 7.71. The first kappa shape index (κ1) is 18.0. The number of benzene rings is 1. The van der Waals surface area contributed by atoms with Crippen LogP contribution in [0.4, 0.5) is 0 Å². The molecule has 1 aromatic carbocycles. The van der Waals surface area contributed by atoms with Crippen molar-refractivity contribution < 1.29 is 14.6 Å². The van der Waals surface area contributed by atoms with Crippen LogP contribution >= 0.6 is 12.2 Å². The van der Waals surface area contributed by atoms with E-state index >= 15 is 0 Å². The predicted octanol–water partition coefficient (Wildman–Crippen LogP) is 1.61. The molecular weight excluding hydrogens is 356 g/mol. The lowest BCUT2D eigenvalue weighted by atomic mass is 9.99. The number of hydrogen-bond acceptors (Lipinski definition) is 7. The van der Waals surface area contributed by atoms with Crippen LogP contribution in [-0.4, -0.2) is 34.2 Å². The van der Waals surface area contributed by atoms with E-state index in [0.29, 0.717) is 23.6 Å². The molecule has 138 valence electrons. The summed E-state index contributed by atoms with van der Waals surface area (Å²) in [4.78, 5) is 12.6. The molecule has 2 heterocycles. The Morgan fingerprint density at radius 3 is 2.58 bits per heavy atom. The monoisotopic (exact) mass is 376 g/mol. The second kappa shape index (κ2) is 6.83. The molecule has 0 amide bonds. The number of nitrogens with one attached hydrogen (secondary N) is 1. The molecule has 1 unspecified atom stereocenters. The van der Waals surface area contributed by atoms with Crippen LogP contribution in [0.1, 0.15) is 23.6 Å². The number of hydrazone groups is 1. The van der Waals surface area contributed by atoms with E-state index in [9.17, 15) is 9.90 Å². The number of methoxy groups -OCH3 is 2. The minimum absolute atomic E-state index is 0.151. The van der Waals surface area contributed by atoms with Gasteiger partial charge in [0.05, 0.1) is 26.0 Å². The number of nitrogens with zero attached hydrogens (tertiary/aromatic N) is 3. The van der Waals surface area contributed by atoms with Gasteiger partial charge in [0.25, 0.3) is 5.56 Å². The van der Waals surface area contributed by atoms with Crippen molar-refractivity contribution in [3.05, 3.63) is 44.5 Å². The van der Waals surface area contributed by atoms with Gasteiger partial charge in [0.1, 0.15) is 5.56 Å². The van der Waals surface area contributed by atoms with E-state index in [0.717, 1.165) is 5.56 Å². The molecule has 9 heteroatoms. The lowest BCUT2D eigenvalue weighted by Gasteiger charge is -2.14. The van der Waals surface area contributed by atoms with Gasteiger partial charge in [0.15, 0.2) is 16.3 Å². The highest BCUT2D eigenvalue weighted by Gasteiger charge is 2.27. The van der Waals surface area contributed by atoms with Gasteiger partial charge in [0, 0.05) is 20.5 Å². The van der Waals surface area contributed by atoms with Crippen molar-refractivity contribution in [1.29, 1.82) is 0 Å². The molecule has 0 spiro atoms. The Morgan fingerprint density at radius 1 is 1.23 bits per heavy atom. The first-order chi connectivity index (χ1) is 12.4. The van der Waals surface area contributed by atoms with Crippen LogP contribution in [-0.2, 0) is 14.1 Å². The first-order valence-corrected chi connectivity index (χ1v) is 8.33. The number of aromatic hydroxyl groups is 1. The summed E-state index contributed by atoms with van der Waals surface area (Å²) in [5.41, 5.74) is 4.20. The molecule has 0 saturated heterocycles. The SMILES string of the molecule is COc1ccc(C2CC(c3c(O)n(C)c(=S)n(C)c3=O)=NN2)cc1OC. The maximum Gasteiger partial charge on any atom is 0.267 e. The topological polar surface area (TPSA) is 90.0 Å². The quantitative estimate of drug-likeness (QED) is 0.788. The zero-order chi connectivity index (χ0) is 19.0. The Kier molecular flexibility index (Phi) is 4.73. The van der Waals surface area contributed by atoms with Crippen molar-refractivity contribution in [2.24, 2.45) is 19.2 Å². The number of aromatic nitrogens is 2. The molecule has 3 rings (SSSR count). The molecule has 0 aliphatic carbocycles. The van der Waals surface area contributed by atoms with Gasteiger partial charge in [-0.25, -0.2) is 0 Å². The lowest BCUT2D eigenvalue weighted by molar-refractivity contribution is 0.354. The fraction of sp³-hybridized carbons (Fsp3) is 0.353. The second-order valence-corrected chi connectivity index (χ2v) is 6.33. The summed E-state index contributed by atoms with van der Waals surface area (Å²) in [5.74, 6) is 1.06. The van der Waals surface area contributed by atoms with E-state index in [-0.39, 0.29) is 27.8 Å². The van der Waals surface area contributed by atoms with Gasteiger partial charge in [-0.15, -0.1) is 0 Å². The van der Waals surface area contributed by atoms with Crippen molar-refractivity contribution in [2.45, 2.75) is 12.5 Å². The maximum atomic E-state index is 12.6. The normalized spacial score (nSPS) is 16.2. The van der Waals surface area contributed by atoms with Crippen LogP contribution in [0.3, 0.4) is 0 Å². The third-order valence-electron chi connectivity index (χ3n) is 4.49. The van der Waals surface area contributed by atoms with Crippen LogP contribution in [0.15, 0.2) is 28.1 Å². The molecule has 1 atom stereocenters. The Balaban J connectivity index is 1.95. The Bertz CT molecular complexity index is 1010. The average Bonchev–Trinajstić information content (AvgIpc) is 3.14. The van der Waals surface area contributed by atoms with Crippen molar-refractivity contribution in [2.75, 3.05) is 14.2 Å². The Hall–Kier alpha value is -2.81. The van der Waals surface area contributed by atoms with Crippen LogP contribution < -0.4 is 20.5 Å². The van der Waals surface area contributed by atoms with E-state index in [1.54, 1.807) is 28.3 Å². The summed E-state index contributed by atoms with van der Waals surface area (Å²) in [6, 6.07) is 5.43. The minimum Gasteiger partial charge on any atom is -0.494 e. The summed E-state index contributed by atoms with van der Waals surface area (Å²) in [6.07, 6.45) is 0.440. The summed E-state index contributed by atoms with van der Waals surface area (Å²) < 4.78 is 13.5. The molecule has 8 nitrogen and oxygen atoms in total. The van der Waals surface area contributed by atoms with Crippen molar-refractivity contribution in [3.63, 3.8) is 0 Å². The van der Waals surface area contributed by atoms with Crippen molar-refractivity contribution in [1.82, 2.24) is 14.6 Å². The second-order valence-electron chi connectivity index (χ2n) is 5.96. The van der Waals surface area contributed by atoms with Gasteiger partial charge in [-0.2, -0.15) is 5.10 Å². The Labute approximate surface area is 155 Å². The van der Waals surface area contributed by atoms with Crippen LogP contribution in [0.5, 0.6) is 17.4 Å². The molecule has 0 fully saturated rings. The van der Waals surface area contributed by atoms with Crippen molar-refractivity contribution >= 4 is 17.9 Å². The van der Waals surface area contributed by atoms with E-state index < -0.39 is 0 Å². The molecule has 1 aliphatic rings. The van der Waals surface area contributed by atoms with Gasteiger partial charge < -0.3 is 20.0 Å². The molecule has 1 aromatic heterocycles. The van der Waals surface area contributed by atoms with E-state index in [2.05, 4.69) is 10.5 Å². The fourth-order valence-corrected chi connectivity index (χ4v) is 3.12. The predicted molar refractivity (Wildman–Crippen MR) is 99.7 cm³/mol. The van der Waals surface area contributed by atoms with Crippen molar-refractivity contribution in [3.8, 4) is 17.4 Å². The molecule has 0 saturated carbocycles. The van der Waals surface area contributed by atoms with E-state index in [1.807, 2.05) is 18.2 Å². The smallest absolute Gasteiger partial charge is 0.267 e. The third kappa shape index (κ3) is 2.84. The molecule has 0 bridgehead atoms. The number of hydrogen-bond donors (Lipinski definition) is 2. The zero-order valence-corrected chi connectivity index (χ0v) is 15.8. The fourth-order valence-electron chi connectivity index (χ4n) is 2.95. The molecule has 26 heavy (non-hydrogen) atoms. The van der Waals surface area contributed by atoms with Gasteiger partial charge in [-0.3, -0.25) is 13.9 Å². The summed E-state index contributed by atoms with van der Waals surface area (Å²) in [6.45, 7) is 0. The van der Waals surface area contributed by atoms with Gasteiger partial charge >= 0.3 is 0 Å². The summed E-state index contributed by atoms with van der Waals surface area (Å²) >= 11 is 5.14. The van der Waals surface area contributed by atoms with Gasteiger partial charge in [-0.05, 0) is 29.9 Å².